The summed E-state index contributed by atoms with van der Waals surface area (Å²) in [5, 5.41) is 0.552. The molecule has 2 rings (SSSR count). The molecule has 0 spiro atoms. The molecule has 0 amide bonds. The highest BCUT2D eigenvalue weighted by molar-refractivity contribution is 7.90. The van der Waals surface area contributed by atoms with Crippen LogP contribution in [-0.2, 0) is 10.0 Å². The molecule has 110 valence electrons. The van der Waals surface area contributed by atoms with Gasteiger partial charge in [-0.05, 0) is 23.8 Å². The highest BCUT2D eigenvalue weighted by Gasteiger charge is 2.17. The number of halogens is 1. The Labute approximate surface area is 129 Å². The van der Waals surface area contributed by atoms with E-state index in [0.29, 0.717) is 10.6 Å². The first-order valence-corrected chi connectivity index (χ1v) is 8.04. The van der Waals surface area contributed by atoms with Crippen LogP contribution in [-0.4, -0.2) is 33.8 Å². The largest absolute Gasteiger partial charge is 0.368 e. The summed E-state index contributed by atoms with van der Waals surface area (Å²) in [5.41, 5.74) is 1.32. The lowest BCUT2D eigenvalue weighted by Gasteiger charge is -2.09. The minimum atomic E-state index is -3.76. The van der Waals surface area contributed by atoms with E-state index in [1.54, 1.807) is 61.5 Å². The Bertz CT molecular complexity index is 771. The van der Waals surface area contributed by atoms with Crippen LogP contribution in [0.3, 0.4) is 0 Å². The van der Waals surface area contributed by atoms with Crippen LogP contribution in [0.25, 0.3) is 11.1 Å². The molecule has 21 heavy (non-hydrogen) atoms. The van der Waals surface area contributed by atoms with Crippen molar-refractivity contribution in [2.75, 3.05) is 14.1 Å². The SMILES string of the molecule is CN(C)C=NS(=O)(=O)c1ccccc1-c1cccc(Cl)c1. The summed E-state index contributed by atoms with van der Waals surface area (Å²) in [7, 11) is -0.342. The minimum Gasteiger partial charge on any atom is -0.368 e. The van der Waals surface area contributed by atoms with E-state index in [1.165, 1.54) is 6.34 Å². The summed E-state index contributed by atoms with van der Waals surface area (Å²) in [6, 6.07) is 13.8. The van der Waals surface area contributed by atoms with E-state index in [-0.39, 0.29) is 4.90 Å². The van der Waals surface area contributed by atoms with Crippen molar-refractivity contribution in [3.8, 4) is 11.1 Å². The number of hydrogen-bond donors (Lipinski definition) is 0. The third-order valence-corrected chi connectivity index (χ3v) is 4.24. The van der Waals surface area contributed by atoms with Gasteiger partial charge in [0.05, 0.1) is 4.90 Å². The van der Waals surface area contributed by atoms with Gasteiger partial charge in [-0.15, -0.1) is 4.40 Å². The predicted octanol–water partition coefficient (Wildman–Crippen LogP) is 3.29. The van der Waals surface area contributed by atoms with Crippen molar-refractivity contribution in [3.05, 3.63) is 53.6 Å². The van der Waals surface area contributed by atoms with E-state index >= 15 is 0 Å². The number of hydrogen-bond acceptors (Lipinski definition) is 2. The predicted molar refractivity (Wildman–Crippen MR) is 86.3 cm³/mol. The van der Waals surface area contributed by atoms with Gasteiger partial charge in [-0.3, -0.25) is 0 Å². The minimum absolute atomic E-state index is 0.158. The van der Waals surface area contributed by atoms with Crippen LogP contribution in [0.1, 0.15) is 0 Å². The van der Waals surface area contributed by atoms with Gasteiger partial charge >= 0.3 is 0 Å². The van der Waals surface area contributed by atoms with Crippen LogP contribution in [0.4, 0.5) is 0 Å². The van der Waals surface area contributed by atoms with Crippen LogP contribution in [0.5, 0.6) is 0 Å². The lowest BCUT2D eigenvalue weighted by Crippen LogP contribution is -2.10. The average molecular weight is 323 g/mol. The molecule has 0 aliphatic heterocycles. The maximum absolute atomic E-state index is 12.4. The summed E-state index contributed by atoms with van der Waals surface area (Å²) in [5.74, 6) is 0. The first kappa shape index (κ1) is 15.5. The zero-order valence-electron chi connectivity index (χ0n) is 11.7. The zero-order valence-corrected chi connectivity index (χ0v) is 13.3. The normalized spacial score (nSPS) is 11.8. The Morgan fingerprint density at radius 3 is 2.48 bits per heavy atom. The third kappa shape index (κ3) is 3.83. The lowest BCUT2D eigenvalue weighted by atomic mass is 10.1. The zero-order chi connectivity index (χ0) is 15.5. The molecule has 0 atom stereocenters. The maximum Gasteiger partial charge on any atom is 0.284 e. The first-order valence-electron chi connectivity index (χ1n) is 6.22. The molecule has 0 aliphatic rings. The number of sulfonamides is 1. The first-order chi connectivity index (χ1) is 9.90. The maximum atomic E-state index is 12.4. The Kier molecular flexibility index (Phi) is 4.65. The summed E-state index contributed by atoms with van der Waals surface area (Å²) < 4.78 is 28.4. The molecule has 0 radical (unpaired) electrons. The summed E-state index contributed by atoms with van der Waals surface area (Å²) >= 11 is 5.98. The van der Waals surface area contributed by atoms with Gasteiger partial charge in [-0.2, -0.15) is 8.42 Å². The fraction of sp³-hybridized carbons (Fsp3) is 0.133. The molecule has 4 nitrogen and oxygen atoms in total. The molecule has 2 aromatic rings. The molecule has 6 heteroatoms. The summed E-state index contributed by atoms with van der Waals surface area (Å²) in [4.78, 5) is 1.73. The van der Waals surface area contributed by atoms with Crippen LogP contribution >= 0.6 is 11.6 Å². The van der Waals surface area contributed by atoms with E-state index in [9.17, 15) is 8.42 Å². The van der Waals surface area contributed by atoms with Crippen LogP contribution in [0.2, 0.25) is 5.02 Å². The topological polar surface area (TPSA) is 49.7 Å². The molecule has 0 aromatic heterocycles. The van der Waals surface area contributed by atoms with Crippen molar-refractivity contribution in [3.63, 3.8) is 0 Å². The Balaban J connectivity index is 2.57. The molecular formula is C15H15ClN2O2S. The van der Waals surface area contributed by atoms with E-state index in [2.05, 4.69) is 4.40 Å². The van der Waals surface area contributed by atoms with Crippen molar-refractivity contribution in [2.45, 2.75) is 4.90 Å². The van der Waals surface area contributed by atoms with Crippen LogP contribution < -0.4 is 0 Å². The van der Waals surface area contributed by atoms with Gasteiger partial charge in [-0.25, -0.2) is 0 Å². The highest BCUT2D eigenvalue weighted by atomic mass is 35.5. The molecule has 0 bridgehead atoms. The van der Waals surface area contributed by atoms with Crippen LogP contribution in [0.15, 0.2) is 57.8 Å². The van der Waals surface area contributed by atoms with E-state index < -0.39 is 10.0 Å². The molecule has 0 unspecified atom stereocenters. The van der Waals surface area contributed by atoms with Crippen molar-refractivity contribution in [2.24, 2.45) is 4.40 Å². The monoisotopic (exact) mass is 322 g/mol. The van der Waals surface area contributed by atoms with Crippen molar-refractivity contribution in [1.82, 2.24) is 4.90 Å². The molecule has 0 saturated carbocycles. The highest BCUT2D eigenvalue weighted by Crippen LogP contribution is 2.29. The Morgan fingerprint density at radius 2 is 1.81 bits per heavy atom. The second-order valence-corrected chi connectivity index (χ2v) is 6.70. The Hall–Kier alpha value is -1.85. The van der Waals surface area contributed by atoms with Gasteiger partial charge in [-0.1, -0.05) is 41.9 Å². The fourth-order valence-electron chi connectivity index (χ4n) is 1.80. The molecule has 0 aliphatic carbocycles. The van der Waals surface area contributed by atoms with Crippen molar-refractivity contribution in [1.29, 1.82) is 0 Å². The van der Waals surface area contributed by atoms with Gasteiger partial charge in [0.15, 0.2) is 0 Å². The lowest BCUT2D eigenvalue weighted by molar-refractivity contribution is 0.595. The molecule has 0 N–H and O–H groups in total. The van der Waals surface area contributed by atoms with E-state index in [1.807, 2.05) is 6.07 Å². The van der Waals surface area contributed by atoms with Crippen molar-refractivity contribution < 1.29 is 8.42 Å². The summed E-state index contributed by atoms with van der Waals surface area (Å²) in [6.07, 6.45) is 1.27. The standard InChI is InChI=1S/C15H15ClN2O2S/c1-18(2)11-17-21(19,20)15-9-4-3-8-14(15)12-6-5-7-13(16)10-12/h3-11H,1-2H3. The van der Waals surface area contributed by atoms with E-state index in [0.717, 1.165) is 5.56 Å². The van der Waals surface area contributed by atoms with Gasteiger partial charge in [0.1, 0.15) is 6.34 Å². The molecule has 2 aromatic carbocycles. The second-order valence-electron chi connectivity index (χ2n) is 4.67. The average Bonchev–Trinajstić information content (AvgIpc) is 2.45. The van der Waals surface area contributed by atoms with Gasteiger partial charge in [0, 0.05) is 24.7 Å². The fourth-order valence-corrected chi connectivity index (χ4v) is 3.13. The van der Waals surface area contributed by atoms with Gasteiger partial charge < -0.3 is 4.90 Å². The molecule has 0 fully saturated rings. The number of nitrogens with zero attached hydrogens (tertiary/aromatic N) is 2. The number of benzene rings is 2. The molecule has 0 saturated heterocycles. The molecular weight excluding hydrogens is 308 g/mol. The third-order valence-electron chi connectivity index (χ3n) is 2.72. The van der Waals surface area contributed by atoms with Crippen molar-refractivity contribution >= 4 is 28.0 Å². The Morgan fingerprint density at radius 1 is 1.10 bits per heavy atom. The summed E-state index contributed by atoms with van der Waals surface area (Å²) in [6.45, 7) is 0. The van der Waals surface area contributed by atoms with Crippen LogP contribution in [0, 0.1) is 0 Å². The smallest absolute Gasteiger partial charge is 0.284 e. The second kappa shape index (κ2) is 6.28. The number of rotatable bonds is 4. The van der Waals surface area contributed by atoms with E-state index in [4.69, 9.17) is 11.6 Å². The van der Waals surface area contributed by atoms with Gasteiger partial charge in [0.25, 0.3) is 10.0 Å². The molecule has 0 heterocycles. The quantitative estimate of drug-likeness (QED) is 0.641. The van der Waals surface area contributed by atoms with Gasteiger partial charge in [0.2, 0.25) is 0 Å².